The highest BCUT2D eigenvalue weighted by Gasteiger charge is 2.21. The van der Waals surface area contributed by atoms with Crippen LogP contribution < -0.4 is 5.32 Å². The van der Waals surface area contributed by atoms with Crippen LogP contribution in [0.2, 0.25) is 0 Å². The fourth-order valence-corrected chi connectivity index (χ4v) is 1.17. The molecule has 76 valence electrons. The van der Waals surface area contributed by atoms with E-state index in [1.807, 2.05) is 13.8 Å². The van der Waals surface area contributed by atoms with Crippen LogP contribution in [0.4, 0.5) is 4.79 Å². The van der Waals surface area contributed by atoms with Crippen molar-refractivity contribution in [3.8, 4) is 0 Å². The fourth-order valence-electron chi connectivity index (χ4n) is 0.878. The third-order valence-corrected chi connectivity index (χ3v) is 1.94. The number of nitrogens with one attached hydrogen (secondary N) is 1. The smallest absolute Gasteiger partial charge is 0.325 e. The van der Waals surface area contributed by atoms with Gasteiger partial charge in [0.05, 0.1) is 0 Å². The lowest BCUT2D eigenvalue weighted by Crippen LogP contribution is -2.50. The summed E-state index contributed by atoms with van der Waals surface area (Å²) in [4.78, 5) is 14.6. The van der Waals surface area contributed by atoms with E-state index in [0.29, 0.717) is 5.11 Å². The van der Waals surface area contributed by atoms with Crippen LogP contribution in [0, 0.1) is 0 Å². The highest BCUT2D eigenvalue weighted by molar-refractivity contribution is 7.80. The second kappa shape index (κ2) is 5.01. The number of hydrogen-bond acceptors (Lipinski definition) is 2. The van der Waals surface area contributed by atoms with E-state index < -0.39 is 0 Å². The number of carbonyl (C=O) groups is 1. The van der Waals surface area contributed by atoms with Crippen molar-refractivity contribution in [2.24, 2.45) is 0 Å². The molecule has 0 atom stereocenters. The van der Waals surface area contributed by atoms with E-state index in [1.165, 1.54) is 9.80 Å². The zero-order chi connectivity index (χ0) is 10.6. The van der Waals surface area contributed by atoms with Crippen LogP contribution >= 0.6 is 12.2 Å². The second-order valence-electron chi connectivity index (χ2n) is 3.20. The van der Waals surface area contributed by atoms with E-state index >= 15 is 0 Å². The zero-order valence-corrected chi connectivity index (χ0v) is 9.60. The number of amides is 2. The Kier molecular flexibility index (Phi) is 4.69. The molecule has 0 radical (unpaired) electrons. The minimum atomic E-state index is -0.102. The average Bonchev–Trinajstić information content (AvgIpc) is 2.03. The SMILES string of the molecule is CNC(=S)N(C(=O)N(C)C)C(C)C. The van der Waals surface area contributed by atoms with Crippen molar-refractivity contribution in [1.82, 2.24) is 15.1 Å². The van der Waals surface area contributed by atoms with Crippen molar-refractivity contribution >= 4 is 23.4 Å². The maximum Gasteiger partial charge on any atom is 0.325 e. The van der Waals surface area contributed by atoms with Crippen LogP contribution in [0.25, 0.3) is 0 Å². The maximum atomic E-state index is 11.6. The first-order valence-corrected chi connectivity index (χ1v) is 4.54. The van der Waals surface area contributed by atoms with Crippen LogP contribution in [0.1, 0.15) is 13.8 Å². The van der Waals surface area contributed by atoms with Crippen molar-refractivity contribution in [1.29, 1.82) is 0 Å². The number of carbonyl (C=O) groups excluding carboxylic acids is 1. The molecule has 0 saturated carbocycles. The van der Waals surface area contributed by atoms with Crippen molar-refractivity contribution in [2.75, 3.05) is 21.1 Å². The summed E-state index contributed by atoms with van der Waals surface area (Å²) in [5, 5.41) is 3.24. The fraction of sp³-hybridized carbons (Fsp3) is 0.750. The summed E-state index contributed by atoms with van der Waals surface area (Å²) in [5.74, 6) is 0. The van der Waals surface area contributed by atoms with Gasteiger partial charge in [-0.05, 0) is 26.1 Å². The molecule has 0 aromatic rings. The molecule has 0 aliphatic carbocycles. The molecular weight excluding hydrogens is 186 g/mol. The minimum Gasteiger partial charge on any atom is -0.365 e. The Morgan fingerprint density at radius 1 is 1.38 bits per heavy atom. The van der Waals surface area contributed by atoms with Gasteiger partial charge in [0.2, 0.25) is 0 Å². The molecule has 0 aliphatic heterocycles. The monoisotopic (exact) mass is 203 g/mol. The van der Waals surface area contributed by atoms with E-state index in [4.69, 9.17) is 12.2 Å². The number of thiocarbonyl (C=S) groups is 1. The number of rotatable bonds is 1. The number of urea groups is 1. The highest BCUT2D eigenvalue weighted by Crippen LogP contribution is 2.02. The molecule has 5 heteroatoms. The van der Waals surface area contributed by atoms with Gasteiger partial charge in [-0.15, -0.1) is 0 Å². The minimum absolute atomic E-state index is 0.0647. The van der Waals surface area contributed by atoms with Gasteiger partial charge in [0.15, 0.2) is 5.11 Å². The maximum absolute atomic E-state index is 11.6. The third kappa shape index (κ3) is 3.18. The van der Waals surface area contributed by atoms with Gasteiger partial charge in [-0.1, -0.05) is 0 Å². The van der Waals surface area contributed by atoms with E-state index in [9.17, 15) is 4.79 Å². The van der Waals surface area contributed by atoms with Gasteiger partial charge in [0, 0.05) is 27.2 Å². The summed E-state index contributed by atoms with van der Waals surface area (Å²) < 4.78 is 0. The molecule has 0 aliphatic rings. The van der Waals surface area contributed by atoms with Gasteiger partial charge in [-0.2, -0.15) is 0 Å². The lowest BCUT2D eigenvalue weighted by Gasteiger charge is -2.29. The summed E-state index contributed by atoms with van der Waals surface area (Å²) in [6, 6.07) is -0.0378. The van der Waals surface area contributed by atoms with E-state index in [1.54, 1.807) is 21.1 Å². The number of hydrogen-bond donors (Lipinski definition) is 1. The molecule has 13 heavy (non-hydrogen) atoms. The Morgan fingerprint density at radius 2 is 1.85 bits per heavy atom. The lowest BCUT2D eigenvalue weighted by molar-refractivity contribution is 0.186. The largest absolute Gasteiger partial charge is 0.365 e. The Bertz CT molecular complexity index is 204. The molecule has 0 saturated heterocycles. The van der Waals surface area contributed by atoms with Gasteiger partial charge >= 0.3 is 6.03 Å². The molecule has 0 unspecified atom stereocenters. The predicted octanol–water partition coefficient (Wildman–Crippen LogP) is 0.883. The zero-order valence-electron chi connectivity index (χ0n) is 8.79. The van der Waals surface area contributed by atoms with E-state index in [0.717, 1.165) is 0 Å². The number of nitrogens with zero attached hydrogens (tertiary/aromatic N) is 2. The summed E-state index contributed by atoms with van der Waals surface area (Å²) in [6.45, 7) is 3.84. The molecule has 0 bridgehead atoms. The van der Waals surface area contributed by atoms with Crippen molar-refractivity contribution < 1.29 is 4.79 Å². The quantitative estimate of drug-likeness (QED) is 0.643. The Morgan fingerprint density at radius 3 is 2.08 bits per heavy atom. The topological polar surface area (TPSA) is 35.6 Å². The molecule has 1 N–H and O–H groups in total. The van der Waals surface area contributed by atoms with Crippen LogP contribution in [-0.2, 0) is 0 Å². The first-order chi connectivity index (χ1) is 5.91. The van der Waals surface area contributed by atoms with Gasteiger partial charge in [0.1, 0.15) is 0 Å². The Labute approximate surface area is 84.9 Å². The highest BCUT2D eigenvalue weighted by atomic mass is 32.1. The van der Waals surface area contributed by atoms with Crippen LogP contribution in [0.3, 0.4) is 0 Å². The van der Waals surface area contributed by atoms with Crippen molar-refractivity contribution in [2.45, 2.75) is 19.9 Å². The van der Waals surface area contributed by atoms with E-state index in [-0.39, 0.29) is 12.1 Å². The van der Waals surface area contributed by atoms with Crippen molar-refractivity contribution in [3.63, 3.8) is 0 Å². The molecule has 0 rings (SSSR count). The molecule has 0 fully saturated rings. The first kappa shape index (κ1) is 12.2. The normalized spacial score (nSPS) is 9.69. The van der Waals surface area contributed by atoms with Gasteiger partial charge < -0.3 is 10.2 Å². The first-order valence-electron chi connectivity index (χ1n) is 4.14. The molecule has 0 aromatic heterocycles. The molecule has 0 spiro atoms. The molecule has 4 nitrogen and oxygen atoms in total. The second-order valence-corrected chi connectivity index (χ2v) is 3.58. The standard InChI is InChI=1S/C8H17N3OS/c1-6(2)11(7(13)9-3)8(12)10(4)5/h6H,1-5H3,(H,9,13). The van der Waals surface area contributed by atoms with Gasteiger partial charge in [-0.25, -0.2) is 4.79 Å². The van der Waals surface area contributed by atoms with Gasteiger partial charge in [0.25, 0.3) is 0 Å². The van der Waals surface area contributed by atoms with E-state index in [2.05, 4.69) is 5.32 Å². The Balaban J connectivity index is 4.61. The van der Waals surface area contributed by atoms with Crippen LogP contribution in [0.5, 0.6) is 0 Å². The average molecular weight is 203 g/mol. The summed E-state index contributed by atoms with van der Waals surface area (Å²) in [6.07, 6.45) is 0. The Hall–Kier alpha value is -0.840. The van der Waals surface area contributed by atoms with Crippen molar-refractivity contribution in [3.05, 3.63) is 0 Å². The lowest BCUT2D eigenvalue weighted by atomic mass is 10.3. The summed E-state index contributed by atoms with van der Waals surface area (Å²) in [5.41, 5.74) is 0. The van der Waals surface area contributed by atoms with Gasteiger partial charge in [-0.3, -0.25) is 4.90 Å². The third-order valence-electron chi connectivity index (χ3n) is 1.54. The van der Waals surface area contributed by atoms with Crippen LogP contribution in [-0.4, -0.2) is 48.1 Å². The molecule has 0 heterocycles. The predicted molar refractivity (Wildman–Crippen MR) is 57.7 cm³/mol. The molecule has 0 aromatic carbocycles. The van der Waals surface area contributed by atoms with Crippen LogP contribution in [0.15, 0.2) is 0 Å². The molecular formula is C8H17N3OS. The summed E-state index contributed by atoms with van der Waals surface area (Å²) >= 11 is 5.02. The molecule has 2 amide bonds. The summed E-state index contributed by atoms with van der Waals surface area (Å²) in [7, 11) is 5.12.